The minimum atomic E-state index is -0.00187. The van der Waals surface area contributed by atoms with Crippen LogP contribution in [0.4, 0.5) is 4.79 Å². The quantitative estimate of drug-likeness (QED) is 0.888. The van der Waals surface area contributed by atoms with E-state index in [1.165, 1.54) is 5.56 Å². The summed E-state index contributed by atoms with van der Waals surface area (Å²) in [5.41, 5.74) is 2.32. The molecule has 1 aromatic carbocycles. The fraction of sp³-hybridized carbons (Fsp3) is 0.500. The molecular weight excluding hydrogens is 340 g/mol. The van der Waals surface area contributed by atoms with Gasteiger partial charge in [-0.25, -0.2) is 4.79 Å². The first-order chi connectivity index (χ1) is 12.1. The Bertz CT molecular complexity index is 783. The molecule has 4 rings (SSSR count). The van der Waals surface area contributed by atoms with Gasteiger partial charge in [0.1, 0.15) is 0 Å². The second kappa shape index (κ2) is 6.67. The lowest BCUT2D eigenvalue weighted by molar-refractivity contribution is 0.172. The van der Waals surface area contributed by atoms with Crippen molar-refractivity contribution >= 4 is 17.6 Å². The van der Waals surface area contributed by atoms with Crippen molar-refractivity contribution in [3.05, 3.63) is 46.1 Å². The second-order valence-corrected chi connectivity index (χ2v) is 7.20. The summed E-state index contributed by atoms with van der Waals surface area (Å²) in [6.45, 7) is 3.22. The molecule has 1 aliphatic carbocycles. The van der Waals surface area contributed by atoms with E-state index in [-0.39, 0.29) is 18.0 Å². The van der Waals surface area contributed by atoms with E-state index >= 15 is 0 Å². The average Bonchev–Trinajstić information content (AvgIpc) is 3.23. The Balaban J connectivity index is 1.35. The van der Waals surface area contributed by atoms with Crippen molar-refractivity contribution in [3.63, 3.8) is 0 Å². The van der Waals surface area contributed by atoms with E-state index in [0.717, 1.165) is 36.3 Å². The minimum Gasteiger partial charge on any atom is -0.339 e. The Morgan fingerprint density at radius 1 is 1.32 bits per heavy atom. The van der Waals surface area contributed by atoms with E-state index in [4.69, 9.17) is 16.1 Å². The standard InChI is InChI=1S/C18H21ClN4O2/c1-11-20-17(25-22-11)12-7-9-23(10-8-12)18(24)21-16-6-5-13-14(16)3-2-4-15(13)19/h2-4,12,16H,5-10H2,1H3,(H,21,24). The van der Waals surface area contributed by atoms with Gasteiger partial charge in [-0.05, 0) is 49.8 Å². The lowest BCUT2D eigenvalue weighted by Gasteiger charge is -2.31. The molecule has 1 N–H and O–H groups in total. The number of fused-ring (bicyclic) bond motifs is 1. The number of aromatic nitrogens is 2. The first-order valence-electron chi connectivity index (χ1n) is 8.75. The number of amides is 2. The highest BCUT2D eigenvalue weighted by Gasteiger charge is 2.30. The summed E-state index contributed by atoms with van der Waals surface area (Å²) in [6.07, 6.45) is 3.52. The van der Waals surface area contributed by atoms with E-state index < -0.39 is 0 Å². The highest BCUT2D eigenvalue weighted by molar-refractivity contribution is 6.31. The van der Waals surface area contributed by atoms with Crippen LogP contribution >= 0.6 is 11.6 Å². The van der Waals surface area contributed by atoms with Crippen LogP contribution in [0.15, 0.2) is 22.7 Å². The van der Waals surface area contributed by atoms with Crippen molar-refractivity contribution in [1.29, 1.82) is 0 Å². The van der Waals surface area contributed by atoms with Gasteiger partial charge in [-0.1, -0.05) is 28.9 Å². The summed E-state index contributed by atoms with van der Waals surface area (Å²) in [6, 6.07) is 5.97. The molecule has 7 heteroatoms. The maximum Gasteiger partial charge on any atom is 0.317 e. The van der Waals surface area contributed by atoms with Crippen molar-refractivity contribution in [2.45, 2.75) is 44.6 Å². The molecule has 1 aliphatic heterocycles. The van der Waals surface area contributed by atoms with Crippen LogP contribution in [-0.2, 0) is 6.42 Å². The van der Waals surface area contributed by atoms with Crippen LogP contribution in [0.1, 0.15) is 54.1 Å². The van der Waals surface area contributed by atoms with Crippen LogP contribution in [0.25, 0.3) is 0 Å². The lowest BCUT2D eigenvalue weighted by atomic mass is 9.97. The average molecular weight is 361 g/mol. The fourth-order valence-electron chi connectivity index (χ4n) is 3.81. The largest absolute Gasteiger partial charge is 0.339 e. The van der Waals surface area contributed by atoms with E-state index in [9.17, 15) is 4.79 Å². The predicted octanol–water partition coefficient (Wildman–Crippen LogP) is 3.61. The molecule has 0 spiro atoms. The number of nitrogens with one attached hydrogen (secondary N) is 1. The van der Waals surface area contributed by atoms with Gasteiger partial charge < -0.3 is 14.7 Å². The van der Waals surface area contributed by atoms with Gasteiger partial charge in [0.2, 0.25) is 5.89 Å². The van der Waals surface area contributed by atoms with Gasteiger partial charge in [0, 0.05) is 24.0 Å². The Morgan fingerprint density at radius 3 is 2.84 bits per heavy atom. The first-order valence-corrected chi connectivity index (χ1v) is 9.12. The summed E-state index contributed by atoms with van der Waals surface area (Å²) < 4.78 is 5.26. The zero-order chi connectivity index (χ0) is 17.4. The van der Waals surface area contributed by atoms with Gasteiger partial charge in [-0.2, -0.15) is 4.98 Å². The molecule has 0 saturated carbocycles. The lowest BCUT2D eigenvalue weighted by Crippen LogP contribution is -2.45. The molecule has 0 radical (unpaired) electrons. The highest BCUT2D eigenvalue weighted by Crippen LogP contribution is 2.35. The zero-order valence-corrected chi connectivity index (χ0v) is 14.9. The molecule has 1 saturated heterocycles. The number of carbonyl (C=O) groups excluding carboxylic acids is 1. The highest BCUT2D eigenvalue weighted by atomic mass is 35.5. The summed E-state index contributed by atoms with van der Waals surface area (Å²) >= 11 is 6.25. The zero-order valence-electron chi connectivity index (χ0n) is 14.2. The number of benzene rings is 1. The molecule has 132 valence electrons. The number of hydrogen-bond donors (Lipinski definition) is 1. The molecule has 2 amide bonds. The first kappa shape index (κ1) is 16.4. The van der Waals surface area contributed by atoms with Crippen LogP contribution in [-0.4, -0.2) is 34.2 Å². The second-order valence-electron chi connectivity index (χ2n) is 6.79. The summed E-state index contributed by atoms with van der Waals surface area (Å²) in [7, 11) is 0. The molecule has 25 heavy (non-hydrogen) atoms. The Morgan fingerprint density at radius 2 is 2.12 bits per heavy atom. The van der Waals surface area contributed by atoms with Gasteiger partial charge in [0.15, 0.2) is 5.82 Å². The topological polar surface area (TPSA) is 71.3 Å². The number of urea groups is 1. The third-order valence-electron chi connectivity index (χ3n) is 5.19. The summed E-state index contributed by atoms with van der Waals surface area (Å²) in [5, 5.41) is 7.82. The molecule has 6 nitrogen and oxygen atoms in total. The van der Waals surface area contributed by atoms with Crippen LogP contribution in [0.2, 0.25) is 5.02 Å². The molecule has 1 unspecified atom stereocenters. The number of hydrogen-bond acceptors (Lipinski definition) is 4. The van der Waals surface area contributed by atoms with E-state index in [1.54, 1.807) is 0 Å². The number of nitrogens with zero attached hydrogens (tertiary/aromatic N) is 3. The van der Waals surface area contributed by atoms with Crippen LogP contribution in [0.5, 0.6) is 0 Å². The number of rotatable bonds is 2. The molecule has 1 fully saturated rings. The maximum atomic E-state index is 12.6. The molecule has 2 aromatic rings. The van der Waals surface area contributed by atoms with E-state index in [1.807, 2.05) is 24.0 Å². The SMILES string of the molecule is Cc1noc(C2CCN(C(=O)NC3CCc4c(Cl)cccc43)CC2)n1. The number of piperidine rings is 1. The van der Waals surface area contributed by atoms with Crippen LogP contribution in [0.3, 0.4) is 0 Å². The summed E-state index contributed by atoms with van der Waals surface area (Å²) in [5.74, 6) is 1.60. The van der Waals surface area contributed by atoms with Crippen molar-refractivity contribution in [3.8, 4) is 0 Å². The third-order valence-corrected chi connectivity index (χ3v) is 5.54. The fourth-order valence-corrected chi connectivity index (χ4v) is 4.08. The van der Waals surface area contributed by atoms with Gasteiger partial charge in [-0.3, -0.25) is 0 Å². The Labute approximate surface area is 151 Å². The number of halogens is 1. The minimum absolute atomic E-state index is 0.00187. The number of carbonyl (C=O) groups is 1. The molecule has 2 heterocycles. The predicted molar refractivity (Wildman–Crippen MR) is 93.6 cm³/mol. The van der Waals surface area contributed by atoms with E-state index in [0.29, 0.717) is 24.8 Å². The van der Waals surface area contributed by atoms with Crippen LogP contribution in [0, 0.1) is 6.92 Å². The third kappa shape index (κ3) is 3.23. The van der Waals surface area contributed by atoms with E-state index in [2.05, 4.69) is 21.5 Å². The number of likely N-dealkylation sites (tertiary alicyclic amines) is 1. The normalized spacial score (nSPS) is 20.6. The maximum absolute atomic E-state index is 12.6. The summed E-state index contributed by atoms with van der Waals surface area (Å²) in [4.78, 5) is 18.8. The van der Waals surface area contributed by atoms with Gasteiger partial charge in [0.05, 0.1) is 6.04 Å². The number of aryl methyl sites for hydroxylation is 1. The van der Waals surface area contributed by atoms with Crippen molar-refractivity contribution in [2.75, 3.05) is 13.1 Å². The molecule has 2 aliphatic rings. The van der Waals surface area contributed by atoms with Crippen LogP contribution < -0.4 is 5.32 Å². The Kier molecular flexibility index (Phi) is 4.37. The molecule has 1 aromatic heterocycles. The smallest absolute Gasteiger partial charge is 0.317 e. The van der Waals surface area contributed by atoms with Gasteiger partial charge in [-0.15, -0.1) is 0 Å². The Hall–Kier alpha value is -2.08. The van der Waals surface area contributed by atoms with Gasteiger partial charge >= 0.3 is 6.03 Å². The van der Waals surface area contributed by atoms with Crippen molar-refractivity contribution < 1.29 is 9.32 Å². The molecule has 1 atom stereocenters. The van der Waals surface area contributed by atoms with Gasteiger partial charge in [0.25, 0.3) is 0 Å². The van der Waals surface area contributed by atoms with Crippen molar-refractivity contribution in [2.24, 2.45) is 0 Å². The molecule has 0 bridgehead atoms. The monoisotopic (exact) mass is 360 g/mol. The molecular formula is C18H21ClN4O2. The van der Waals surface area contributed by atoms with Crippen molar-refractivity contribution in [1.82, 2.24) is 20.4 Å².